The summed E-state index contributed by atoms with van der Waals surface area (Å²) in [6.07, 6.45) is 2.76. The molecule has 2 unspecified atom stereocenters. The lowest BCUT2D eigenvalue weighted by Gasteiger charge is -2.30. The fourth-order valence-electron chi connectivity index (χ4n) is 4.62. The molecule has 0 fully saturated rings. The number of hydrogen-bond donors (Lipinski definition) is 0. The van der Waals surface area contributed by atoms with Gasteiger partial charge in [-0.3, -0.25) is 8.98 Å². The summed E-state index contributed by atoms with van der Waals surface area (Å²) in [5.41, 5.74) is 4.31. The second-order valence-electron chi connectivity index (χ2n) is 8.27. The van der Waals surface area contributed by atoms with Gasteiger partial charge >= 0.3 is 0 Å². The molecule has 0 radical (unpaired) electrons. The van der Waals surface area contributed by atoms with Crippen molar-refractivity contribution in [2.45, 2.75) is 35.8 Å². The molecule has 2 atom stereocenters. The van der Waals surface area contributed by atoms with Crippen LogP contribution in [-0.2, 0) is 32.2 Å². The fourth-order valence-corrected chi connectivity index (χ4v) is 6.03. The zero-order valence-corrected chi connectivity index (χ0v) is 21.2. The molecule has 0 bridgehead atoms. The van der Waals surface area contributed by atoms with E-state index in [9.17, 15) is 13.2 Å². The Bertz CT molecular complexity index is 1220. The minimum atomic E-state index is -3.51. The quantitative estimate of drug-likeness (QED) is 0.238. The van der Waals surface area contributed by atoms with Crippen molar-refractivity contribution < 1.29 is 17.4 Å². The van der Waals surface area contributed by atoms with Crippen molar-refractivity contribution in [2.24, 2.45) is 0 Å². The number of fused-ring (bicyclic) bond motifs is 3. The first-order valence-corrected chi connectivity index (χ1v) is 13.7. The highest BCUT2D eigenvalue weighted by molar-refractivity contribution is 14.1. The van der Waals surface area contributed by atoms with Crippen LogP contribution in [0.5, 0.6) is 0 Å². The zero-order valence-electron chi connectivity index (χ0n) is 18.2. The summed E-state index contributed by atoms with van der Waals surface area (Å²) in [5.74, 6) is -0.0969. The first-order valence-electron chi connectivity index (χ1n) is 10.6. The average molecular weight is 566 g/mol. The van der Waals surface area contributed by atoms with E-state index in [-0.39, 0.29) is 22.4 Å². The van der Waals surface area contributed by atoms with Gasteiger partial charge in [-0.1, -0.05) is 71.1 Å². The fraction of sp³-hybridized carbons (Fsp3) is 0.375. The van der Waals surface area contributed by atoms with Crippen LogP contribution in [0.15, 0.2) is 54.6 Å². The summed E-state index contributed by atoms with van der Waals surface area (Å²) >= 11 is 2.44. The molecule has 170 valence electrons. The summed E-state index contributed by atoms with van der Waals surface area (Å²) in [5, 5.41) is 1.06. The predicted molar refractivity (Wildman–Crippen MR) is 134 cm³/mol. The first kappa shape index (κ1) is 23.3. The molecular formula is C24H27IN2O4S. The molecule has 0 N–H and O–H groups in total. The summed E-state index contributed by atoms with van der Waals surface area (Å²) in [6, 6.07) is 18.1. The minimum Gasteiger partial charge on any atom is -0.341 e. The van der Waals surface area contributed by atoms with Crippen LogP contribution in [0.25, 0.3) is 10.9 Å². The van der Waals surface area contributed by atoms with E-state index in [2.05, 4.69) is 33.2 Å². The Balaban J connectivity index is 1.70. The first-order chi connectivity index (χ1) is 15.3. The van der Waals surface area contributed by atoms with Crippen LogP contribution in [0.2, 0.25) is 0 Å². The SMILES string of the molecule is CN(Cc1ccccc1)C(=O)C1CCC(I)c2c1c1ccccc1n2CCOS(C)(=O)=O. The van der Waals surface area contributed by atoms with Gasteiger partial charge in [0.05, 0.1) is 22.7 Å². The van der Waals surface area contributed by atoms with E-state index < -0.39 is 10.1 Å². The second-order valence-corrected chi connectivity index (χ2v) is 11.4. The molecule has 2 aromatic carbocycles. The molecule has 1 aliphatic carbocycles. The van der Waals surface area contributed by atoms with Gasteiger partial charge in [-0.05, 0) is 30.0 Å². The number of amides is 1. The number of para-hydroxylation sites is 1. The molecule has 1 heterocycles. The lowest BCUT2D eigenvalue weighted by Crippen LogP contribution is -2.33. The number of hydrogen-bond acceptors (Lipinski definition) is 4. The van der Waals surface area contributed by atoms with Gasteiger partial charge in [-0.2, -0.15) is 8.42 Å². The van der Waals surface area contributed by atoms with Crippen LogP contribution >= 0.6 is 22.6 Å². The highest BCUT2D eigenvalue weighted by Crippen LogP contribution is 2.47. The molecule has 0 aliphatic heterocycles. The lowest BCUT2D eigenvalue weighted by atomic mass is 9.84. The van der Waals surface area contributed by atoms with Crippen molar-refractivity contribution in [3.8, 4) is 0 Å². The van der Waals surface area contributed by atoms with E-state index in [4.69, 9.17) is 4.18 Å². The Morgan fingerprint density at radius 3 is 2.53 bits per heavy atom. The Labute approximate surface area is 202 Å². The molecule has 1 amide bonds. The minimum absolute atomic E-state index is 0.0693. The standard InChI is InChI=1S/C24H27IN2O4S/c1-26(16-17-8-4-3-5-9-17)24(28)19-12-13-20(25)23-22(19)18-10-6-7-11-21(18)27(23)14-15-31-32(2,29)30/h3-11,19-20H,12-16H2,1-2H3. The third-order valence-electron chi connectivity index (χ3n) is 5.95. The summed E-state index contributed by atoms with van der Waals surface area (Å²) < 4.78 is 30.3. The molecule has 0 saturated carbocycles. The Kier molecular flexibility index (Phi) is 6.92. The van der Waals surface area contributed by atoms with Crippen molar-refractivity contribution in [1.82, 2.24) is 9.47 Å². The van der Waals surface area contributed by atoms with Crippen LogP contribution < -0.4 is 0 Å². The molecule has 4 rings (SSSR count). The van der Waals surface area contributed by atoms with E-state index in [1.807, 2.05) is 60.5 Å². The summed E-state index contributed by atoms with van der Waals surface area (Å²) in [7, 11) is -1.64. The van der Waals surface area contributed by atoms with Crippen molar-refractivity contribution in [3.63, 3.8) is 0 Å². The van der Waals surface area contributed by atoms with Crippen LogP contribution in [0, 0.1) is 0 Å². The Morgan fingerprint density at radius 1 is 1.12 bits per heavy atom. The lowest BCUT2D eigenvalue weighted by molar-refractivity contribution is -0.132. The molecule has 8 heteroatoms. The smallest absolute Gasteiger partial charge is 0.264 e. The number of benzene rings is 2. The summed E-state index contributed by atoms with van der Waals surface area (Å²) in [4.78, 5) is 15.4. The van der Waals surface area contributed by atoms with E-state index in [0.29, 0.717) is 13.1 Å². The van der Waals surface area contributed by atoms with Gasteiger partial charge < -0.3 is 9.47 Å². The van der Waals surface area contributed by atoms with Gasteiger partial charge in [0, 0.05) is 36.7 Å². The molecule has 0 spiro atoms. The molecule has 1 aliphatic rings. The van der Waals surface area contributed by atoms with Crippen molar-refractivity contribution in [3.05, 3.63) is 71.4 Å². The normalized spacial score (nSPS) is 18.5. The van der Waals surface area contributed by atoms with E-state index in [1.165, 1.54) is 0 Å². The van der Waals surface area contributed by atoms with Crippen LogP contribution in [-0.4, -0.2) is 43.7 Å². The third kappa shape index (κ3) is 4.87. The number of likely N-dealkylation sites (N-methyl/N-ethyl adjacent to an activating group) is 1. The molecule has 32 heavy (non-hydrogen) atoms. The van der Waals surface area contributed by atoms with E-state index in [1.54, 1.807) is 0 Å². The molecule has 0 saturated heterocycles. The maximum absolute atomic E-state index is 13.6. The zero-order chi connectivity index (χ0) is 22.9. The average Bonchev–Trinajstić information content (AvgIpc) is 3.09. The van der Waals surface area contributed by atoms with Crippen LogP contribution in [0.3, 0.4) is 0 Å². The maximum Gasteiger partial charge on any atom is 0.264 e. The molecule has 6 nitrogen and oxygen atoms in total. The van der Waals surface area contributed by atoms with Gasteiger partial charge in [0.2, 0.25) is 5.91 Å². The van der Waals surface area contributed by atoms with Gasteiger partial charge in [0.25, 0.3) is 10.1 Å². The third-order valence-corrected chi connectivity index (χ3v) is 7.76. The van der Waals surface area contributed by atoms with Gasteiger partial charge in [-0.15, -0.1) is 0 Å². The number of aromatic nitrogens is 1. The molecule has 3 aromatic rings. The van der Waals surface area contributed by atoms with Crippen molar-refractivity contribution in [2.75, 3.05) is 19.9 Å². The van der Waals surface area contributed by atoms with Crippen LogP contribution in [0.1, 0.15) is 39.5 Å². The van der Waals surface area contributed by atoms with Gasteiger partial charge in [-0.25, -0.2) is 0 Å². The van der Waals surface area contributed by atoms with Gasteiger partial charge in [0.15, 0.2) is 0 Å². The highest BCUT2D eigenvalue weighted by Gasteiger charge is 2.37. The van der Waals surface area contributed by atoms with Crippen molar-refractivity contribution in [1.29, 1.82) is 0 Å². The highest BCUT2D eigenvalue weighted by atomic mass is 127. The number of rotatable bonds is 7. The number of carbonyl (C=O) groups excluding carboxylic acids is 1. The summed E-state index contributed by atoms with van der Waals surface area (Å²) in [6.45, 7) is 1.06. The monoisotopic (exact) mass is 566 g/mol. The number of alkyl halides is 1. The molecule has 1 aromatic heterocycles. The van der Waals surface area contributed by atoms with Crippen LogP contribution in [0.4, 0.5) is 0 Å². The van der Waals surface area contributed by atoms with Crippen molar-refractivity contribution >= 4 is 49.5 Å². The Morgan fingerprint density at radius 2 is 1.81 bits per heavy atom. The Hall–Kier alpha value is -1.91. The predicted octanol–water partition coefficient (Wildman–Crippen LogP) is 4.63. The second kappa shape index (κ2) is 9.52. The number of nitrogens with zero attached hydrogens (tertiary/aromatic N) is 2. The molecular weight excluding hydrogens is 539 g/mol. The maximum atomic E-state index is 13.6. The number of carbonyl (C=O) groups is 1. The van der Waals surface area contributed by atoms with Gasteiger partial charge in [0.1, 0.15) is 0 Å². The largest absolute Gasteiger partial charge is 0.341 e. The topological polar surface area (TPSA) is 68.6 Å². The van der Waals surface area contributed by atoms with E-state index in [0.717, 1.165) is 46.8 Å². The van der Waals surface area contributed by atoms with E-state index >= 15 is 0 Å². The number of halogens is 1.